The Kier molecular flexibility index (Phi) is 13.7. The number of carboxylic acids is 1. The highest BCUT2D eigenvalue weighted by atomic mass is 32.1. The van der Waals surface area contributed by atoms with E-state index in [2.05, 4.69) is 32.3 Å². The number of benzene rings is 1. The first kappa shape index (κ1) is 35.9. The second-order valence-electron chi connectivity index (χ2n) is 12.6. The van der Waals surface area contributed by atoms with Crippen LogP contribution >= 0.6 is 11.3 Å². The molecule has 0 spiro atoms. The van der Waals surface area contributed by atoms with Crippen LogP contribution < -0.4 is 21.3 Å². The van der Waals surface area contributed by atoms with Crippen LogP contribution in [0.2, 0.25) is 0 Å². The lowest BCUT2D eigenvalue weighted by Crippen LogP contribution is -2.36. The van der Waals surface area contributed by atoms with Gasteiger partial charge in [-0.15, -0.1) is 11.3 Å². The summed E-state index contributed by atoms with van der Waals surface area (Å²) in [6.07, 6.45) is 8.32. The van der Waals surface area contributed by atoms with E-state index in [9.17, 15) is 24.3 Å². The zero-order chi connectivity index (χ0) is 33.8. The number of anilines is 2. The number of hydrogen-bond donors (Lipinski definition) is 5. The summed E-state index contributed by atoms with van der Waals surface area (Å²) in [5, 5.41) is 22.1. The van der Waals surface area contributed by atoms with E-state index >= 15 is 0 Å². The Morgan fingerprint density at radius 3 is 2.60 bits per heavy atom. The zero-order valence-corrected chi connectivity index (χ0v) is 28.6. The van der Waals surface area contributed by atoms with E-state index in [1.165, 1.54) is 22.5 Å². The fraction of sp³-hybridized carbons (Fsp3) is 0.543. The molecular formula is C35H48N6O5S. The van der Waals surface area contributed by atoms with Gasteiger partial charge < -0.3 is 26.4 Å². The van der Waals surface area contributed by atoms with Crippen molar-refractivity contribution < 1.29 is 24.3 Å². The number of ketones is 1. The van der Waals surface area contributed by atoms with Gasteiger partial charge in [0.15, 0.2) is 5.01 Å². The van der Waals surface area contributed by atoms with Crippen molar-refractivity contribution in [1.82, 2.24) is 20.6 Å². The Morgan fingerprint density at radius 2 is 1.83 bits per heavy atom. The number of aromatic nitrogens is 2. The topological polar surface area (TPSA) is 162 Å². The number of unbranched alkanes of at least 4 members (excludes halogenated alkanes) is 3. The maximum absolute atomic E-state index is 13.1. The molecule has 3 heterocycles. The van der Waals surface area contributed by atoms with Crippen molar-refractivity contribution in [2.45, 2.75) is 103 Å². The standard InChI is InChI=1S/C35H48N6O5S/c1-22(2)29(42)13-8-14-31(43)38-26-15-16-28-30(19-26)47-35(41-28)34(46)39-25(20-32(44)45)11-6-4-5-7-12-27-24(21-36-3)18-23-10-9-17-37-33(23)40-27/h15-16,18-19,22,25,36H,4-14,17,20-21H2,1-3H3,(H,37,40)(H,38,43)(H,39,46)(H,44,45)/t25-/m0/s1. The molecule has 0 aliphatic carbocycles. The summed E-state index contributed by atoms with van der Waals surface area (Å²) in [7, 11) is 1.95. The maximum Gasteiger partial charge on any atom is 0.305 e. The van der Waals surface area contributed by atoms with Gasteiger partial charge in [0.1, 0.15) is 11.6 Å². The third-order valence-corrected chi connectivity index (χ3v) is 9.38. The van der Waals surface area contributed by atoms with E-state index in [0.717, 1.165) is 74.2 Å². The summed E-state index contributed by atoms with van der Waals surface area (Å²) in [6, 6.07) is 7.03. The van der Waals surface area contributed by atoms with Crippen LogP contribution in [0.5, 0.6) is 0 Å². The molecule has 47 heavy (non-hydrogen) atoms. The van der Waals surface area contributed by atoms with Gasteiger partial charge in [-0.05, 0) is 81.0 Å². The molecule has 0 bridgehead atoms. The van der Waals surface area contributed by atoms with Crippen molar-refractivity contribution in [3.05, 3.63) is 46.1 Å². The predicted octanol–water partition coefficient (Wildman–Crippen LogP) is 5.87. The number of carbonyl (C=O) groups excluding carboxylic acids is 3. The minimum atomic E-state index is -0.960. The third kappa shape index (κ3) is 11.1. The second-order valence-corrected chi connectivity index (χ2v) is 13.6. The molecule has 0 saturated heterocycles. The van der Waals surface area contributed by atoms with Crippen molar-refractivity contribution in [2.75, 3.05) is 24.2 Å². The summed E-state index contributed by atoms with van der Waals surface area (Å²) in [6.45, 7) is 5.46. The Bertz CT molecular complexity index is 1550. The molecule has 0 radical (unpaired) electrons. The molecule has 0 unspecified atom stereocenters. The summed E-state index contributed by atoms with van der Waals surface area (Å²) < 4.78 is 0.736. The second kappa shape index (κ2) is 17.9. The molecule has 1 aliphatic rings. The average Bonchev–Trinajstić information content (AvgIpc) is 3.46. The van der Waals surface area contributed by atoms with Crippen LogP contribution in [0.25, 0.3) is 10.2 Å². The molecule has 2 amide bonds. The molecule has 3 aromatic rings. The van der Waals surface area contributed by atoms with E-state index < -0.39 is 17.9 Å². The number of thiazole rings is 1. The number of aryl methyl sites for hydroxylation is 2. The number of Topliss-reactive ketones (excluding diaryl/α,β-unsaturated/α-hetero) is 1. The lowest BCUT2D eigenvalue weighted by molar-refractivity contribution is -0.137. The summed E-state index contributed by atoms with van der Waals surface area (Å²) >= 11 is 1.20. The van der Waals surface area contributed by atoms with Crippen LogP contribution in [0.15, 0.2) is 24.3 Å². The quantitative estimate of drug-likeness (QED) is 0.0987. The molecular weight excluding hydrogens is 616 g/mol. The highest BCUT2D eigenvalue weighted by Gasteiger charge is 2.20. The van der Waals surface area contributed by atoms with Crippen LogP contribution in [0.1, 0.15) is 105 Å². The van der Waals surface area contributed by atoms with E-state index in [1.54, 1.807) is 18.2 Å². The Balaban J connectivity index is 1.24. The average molecular weight is 665 g/mol. The Labute approximate surface area is 280 Å². The smallest absolute Gasteiger partial charge is 0.305 e. The third-order valence-electron chi connectivity index (χ3n) is 8.36. The highest BCUT2D eigenvalue weighted by molar-refractivity contribution is 7.20. The number of nitrogens with zero attached hydrogens (tertiary/aromatic N) is 2. The molecule has 5 N–H and O–H groups in total. The molecule has 254 valence electrons. The number of carboxylic acid groups (broad SMARTS) is 1. The monoisotopic (exact) mass is 664 g/mol. The van der Waals surface area contributed by atoms with Crippen LogP contribution in [0.4, 0.5) is 11.5 Å². The first-order valence-electron chi connectivity index (χ1n) is 16.8. The van der Waals surface area contributed by atoms with Crippen LogP contribution in [-0.4, -0.2) is 58.3 Å². The van der Waals surface area contributed by atoms with E-state index in [1.807, 2.05) is 20.9 Å². The molecule has 4 rings (SSSR count). The van der Waals surface area contributed by atoms with Crippen LogP contribution in [-0.2, 0) is 33.8 Å². The van der Waals surface area contributed by atoms with Gasteiger partial charge in [-0.2, -0.15) is 0 Å². The Hall–Kier alpha value is -3.90. The SMILES string of the molecule is CNCc1cc2c(nc1CCCCCC[C@@H](CC(=O)O)NC(=O)c1nc3ccc(NC(=O)CCCC(=O)C(C)C)cc3s1)NCCC2. The minimum Gasteiger partial charge on any atom is -0.481 e. The normalized spacial score (nSPS) is 13.2. The van der Waals surface area contributed by atoms with E-state index in [0.29, 0.717) is 30.5 Å². The lowest BCUT2D eigenvalue weighted by atomic mass is 9.99. The predicted molar refractivity (Wildman–Crippen MR) is 186 cm³/mol. The number of rotatable bonds is 19. The largest absolute Gasteiger partial charge is 0.481 e. The van der Waals surface area contributed by atoms with Gasteiger partial charge in [0.2, 0.25) is 5.91 Å². The summed E-state index contributed by atoms with van der Waals surface area (Å²) in [5.74, 6) is -0.412. The molecule has 0 fully saturated rings. The maximum atomic E-state index is 13.1. The first-order valence-corrected chi connectivity index (χ1v) is 17.6. The number of hydrogen-bond acceptors (Lipinski definition) is 9. The number of carbonyl (C=O) groups is 4. The molecule has 1 aliphatic heterocycles. The molecule has 2 aromatic heterocycles. The van der Waals surface area contributed by atoms with Gasteiger partial charge in [-0.3, -0.25) is 19.2 Å². The number of pyridine rings is 1. The number of amides is 2. The minimum absolute atomic E-state index is 0.0357. The van der Waals surface area contributed by atoms with Crippen molar-refractivity contribution in [2.24, 2.45) is 5.92 Å². The molecule has 0 saturated carbocycles. The summed E-state index contributed by atoms with van der Waals surface area (Å²) in [4.78, 5) is 58.2. The molecule has 1 atom stereocenters. The van der Waals surface area contributed by atoms with Gasteiger partial charge in [0.25, 0.3) is 5.91 Å². The van der Waals surface area contributed by atoms with E-state index in [4.69, 9.17) is 4.98 Å². The van der Waals surface area contributed by atoms with Gasteiger partial charge in [0, 0.05) is 49.3 Å². The van der Waals surface area contributed by atoms with E-state index in [-0.39, 0.29) is 35.5 Å². The van der Waals surface area contributed by atoms with Crippen molar-refractivity contribution >= 4 is 56.6 Å². The van der Waals surface area contributed by atoms with Crippen molar-refractivity contribution in [1.29, 1.82) is 0 Å². The number of aliphatic carboxylic acids is 1. The van der Waals surface area contributed by atoms with Crippen molar-refractivity contribution in [3.63, 3.8) is 0 Å². The fourth-order valence-electron chi connectivity index (χ4n) is 5.78. The number of nitrogens with one attached hydrogen (secondary N) is 4. The molecule has 12 heteroatoms. The first-order chi connectivity index (χ1) is 22.6. The van der Waals surface area contributed by atoms with Gasteiger partial charge in [0.05, 0.1) is 16.6 Å². The highest BCUT2D eigenvalue weighted by Crippen LogP contribution is 2.27. The van der Waals surface area contributed by atoms with Gasteiger partial charge in [-0.1, -0.05) is 33.1 Å². The van der Waals surface area contributed by atoms with Crippen LogP contribution in [0, 0.1) is 5.92 Å². The lowest BCUT2D eigenvalue weighted by Gasteiger charge is -2.20. The van der Waals surface area contributed by atoms with Crippen LogP contribution in [0.3, 0.4) is 0 Å². The van der Waals surface area contributed by atoms with Gasteiger partial charge >= 0.3 is 5.97 Å². The molecule has 1 aromatic carbocycles. The van der Waals surface area contributed by atoms with Gasteiger partial charge in [-0.25, -0.2) is 9.97 Å². The van der Waals surface area contributed by atoms with Crippen molar-refractivity contribution in [3.8, 4) is 0 Å². The summed E-state index contributed by atoms with van der Waals surface area (Å²) in [5.41, 5.74) is 4.89. The number of fused-ring (bicyclic) bond motifs is 2. The Morgan fingerprint density at radius 1 is 1.02 bits per heavy atom. The zero-order valence-electron chi connectivity index (χ0n) is 27.7. The molecule has 11 nitrogen and oxygen atoms in total. The fourth-order valence-corrected chi connectivity index (χ4v) is 6.69.